The minimum atomic E-state index is 0.00755. The molecule has 0 spiro atoms. The first-order valence-corrected chi connectivity index (χ1v) is 6.37. The fourth-order valence-electron chi connectivity index (χ4n) is 1.82. The van der Waals surface area contributed by atoms with Gasteiger partial charge in [-0.05, 0) is 19.1 Å². The molecule has 0 N–H and O–H groups in total. The van der Waals surface area contributed by atoms with Crippen molar-refractivity contribution < 1.29 is 4.79 Å². The number of hydrogen-bond donors (Lipinski definition) is 0. The molecule has 3 aromatic rings. The summed E-state index contributed by atoms with van der Waals surface area (Å²) in [4.78, 5) is 21.3. The lowest BCUT2D eigenvalue weighted by molar-refractivity contribution is 0.104. The number of rotatable bonds is 2. The monoisotopic (exact) mass is 254 g/mol. The summed E-state index contributed by atoms with van der Waals surface area (Å²) in [7, 11) is 0. The maximum Gasteiger partial charge on any atom is 0.204 e. The van der Waals surface area contributed by atoms with Crippen molar-refractivity contribution in [3.8, 4) is 0 Å². The van der Waals surface area contributed by atoms with Gasteiger partial charge in [0.05, 0.1) is 15.4 Å². The highest BCUT2D eigenvalue weighted by Gasteiger charge is 2.12. The Labute approximate surface area is 108 Å². The van der Waals surface area contributed by atoms with E-state index in [0.29, 0.717) is 10.4 Å². The van der Waals surface area contributed by atoms with Gasteiger partial charge < -0.3 is 0 Å². The first kappa shape index (κ1) is 11.0. The highest BCUT2D eigenvalue weighted by molar-refractivity contribution is 7.13. The fourth-order valence-corrected chi connectivity index (χ4v) is 2.56. The van der Waals surface area contributed by atoms with Crippen LogP contribution in [0.25, 0.3) is 10.9 Å². The van der Waals surface area contributed by atoms with Crippen molar-refractivity contribution in [2.24, 2.45) is 0 Å². The van der Waals surface area contributed by atoms with Crippen molar-refractivity contribution >= 4 is 28.0 Å². The molecule has 0 radical (unpaired) electrons. The zero-order valence-corrected chi connectivity index (χ0v) is 10.6. The molecule has 0 saturated carbocycles. The van der Waals surface area contributed by atoms with Gasteiger partial charge in [0.25, 0.3) is 0 Å². The molecular formula is C14H10N2OS. The van der Waals surface area contributed by atoms with Crippen molar-refractivity contribution in [2.45, 2.75) is 6.92 Å². The molecule has 0 aliphatic heterocycles. The molecular weight excluding hydrogens is 244 g/mol. The SMILES string of the molecule is Cc1ncc(C(=O)c2ccc3cccnc3c2)s1. The number of nitrogens with zero attached hydrogens (tertiary/aromatic N) is 2. The van der Waals surface area contributed by atoms with E-state index in [0.717, 1.165) is 15.9 Å². The lowest BCUT2D eigenvalue weighted by atomic mass is 10.1. The quantitative estimate of drug-likeness (QED) is 0.659. The summed E-state index contributed by atoms with van der Waals surface area (Å²) >= 11 is 1.42. The Morgan fingerprint density at radius 3 is 2.89 bits per heavy atom. The van der Waals surface area contributed by atoms with E-state index in [1.54, 1.807) is 12.4 Å². The van der Waals surface area contributed by atoms with E-state index in [2.05, 4.69) is 9.97 Å². The predicted molar refractivity (Wildman–Crippen MR) is 72.0 cm³/mol. The first-order valence-electron chi connectivity index (χ1n) is 5.56. The van der Waals surface area contributed by atoms with Gasteiger partial charge in [-0.15, -0.1) is 11.3 Å². The van der Waals surface area contributed by atoms with Crippen LogP contribution in [-0.2, 0) is 0 Å². The number of aromatic nitrogens is 2. The molecule has 0 saturated heterocycles. The molecule has 1 aromatic carbocycles. The predicted octanol–water partition coefficient (Wildman–Crippen LogP) is 3.23. The molecule has 0 atom stereocenters. The molecule has 3 nitrogen and oxygen atoms in total. The topological polar surface area (TPSA) is 42.9 Å². The van der Waals surface area contributed by atoms with E-state index in [-0.39, 0.29) is 5.78 Å². The van der Waals surface area contributed by atoms with Gasteiger partial charge in [0.15, 0.2) is 0 Å². The molecule has 0 fully saturated rings. The molecule has 2 heterocycles. The molecule has 0 aliphatic rings. The van der Waals surface area contributed by atoms with Crippen LogP contribution in [0.4, 0.5) is 0 Å². The number of fused-ring (bicyclic) bond motifs is 1. The van der Waals surface area contributed by atoms with Gasteiger partial charge in [-0.3, -0.25) is 9.78 Å². The van der Waals surface area contributed by atoms with Gasteiger partial charge in [-0.1, -0.05) is 18.2 Å². The lowest BCUT2D eigenvalue weighted by Gasteiger charge is -2.00. The molecule has 18 heavy (non-hydrogen) atoms. The van der Waals surface area contributed by atoms with E-state index < -0.39 is 0 Å². The van der Waals surface area contributed by atoms with Crippen LogP contribution in [0.3, 0.4) is 0 Å². The standard InChI is InChI=1S/C14H10N2OS/c1-9-16-8-13(18-9)14(17)11-5-4-10-3-2-6-15-12(10)7-11/h2-8H,1H3. The van der Waals surface area contributed by atoms with Gasteiger partial charge in [0.2, 0.25) is 5.78 Å². The molecule has 4 heteroatoms. The van der Waals surface area contributed by atoms with Gasteiger partial charge in [0, 0.05) is 23.3 Å². The molecule has 0 amide bonds. The summed E-state index contributed by atoms with van der Waals surface area (Å²) in [5, 5.41) is 1.94. The van der Waals surface area contributed by atoms with Crippen molar-refractivity contribution in [2.75, 3.05) is 0 Å². The molecule has 88 valence electrons. The van der Waals surface area contributed by atoms with Crippen LogP contribution < -0.4 is 0 Å². The normalized spacial score (nSPS) is 10.7. The van der Waals surface area contributed by atoms with Gasteiger partial charge in [0.1, 0.15) is 0 Å². The second kappa shape index (κ2) is 4.31. The number of thiazole rings is 1. The van der Waals surface area contributed by atoms with Crippen molar-refractivity contribution in [3.63, 3.8) is 0 Å². The van der Waals surface area contributed by atoms with Crippen LogP contribution in [0.15, 0.2) is 42.7 Å². The van der Waals surface area contributed by atoms with Crippen LogP contribution in [0.1, 0.15) is 20.2 Å². The van der Waals surface area contributed by atoms with E-state index in [1.165, 1.54) is 11.3 Å². The number of hydrogen-bond acceptors (Lipinski definition) is 4. The Morgan fingerprint density at radius 1 is 1.22 bits per heavy atom. The summed E-state index contributed by atoms with van der Waals surface area (Å²) in [6.45, 7) is 1.89. The minimum Gasteiger partial charge on any atom is -0.288 e. The van der Waals surface area contributed by atoms with E-state index in [9.17, 15) is 4.79 Å². The van der Waals surface area contributed by atoms with Crippen molar-refractivity contribution in [3.05, 3.63) is 58.2 Å². The number of benzene rings is 1. The molecule has 2 aromatic heterocycles. The third-order valence-corrected chi connectivity index (χ3v) is 3.62. The van der Waals surface area contributed by atoms with Crippen molar-refractivity contribution in [1.29, 1.82) is 0 Å². The van der Waals surface area contributed by atoms with Gasteiger partial charge in [-0.25, -0.2) is 4.98 Å². The van der Waals surface area contributed by atoms with E-state index >= 15 is 0 Å². The molecule has 0 aliphatic carbocycles. The number of ketones is 1. The Morgan fingerprint density at radius 2 is 2.11 bits per heavy atom. The third kappa shape index (κ3) is 1.91. The maximum atomic E-state index is 12.2. The second-order valence-corrected chi connectivity index (χ2v) is 5.22. The Balaban J connectivity index is 2.06. The van der Waals surface area contributed by atoms with E-state index in [4.69, 9.17) is 0 Å². The van der Waals surface area contributed by atoms with Gasteiger partial charge in [-0.2, -0.15) is 0 Å². The Hall–Kier alpha value is -2.07. The third-order valence-electron chi connectivity index (χ3n) is 2.71. The average molecular weight is 254 g/mol. The summed E-state index contributed by atoms with van der Waals surface area (Å²) in [5.74, 6) is 0.00755. The highest BCUT2D eigenvalue weighted by Crippen LogP contribution is 2.19. The summed E-state index contributed by atoms with van der Waals surface area (Å²) in [6.07, 6.45) is 3.36. The van der Waals surface area contributed by atoms with Crippen LogP contribution in [0, 0.1) is 6.92 Å². The van der Waals surface area contributed by atoms with E-state index in [1.807, 2.05) is 37.3 Å². The largest absolute Gasteiger partial charge is 0.288 e. The number of pyridine rings is 1. The van der Waals surface area contributed by atoms with Crippen LogP contribution in [0.5, 0.6) is 0 Å². The summed E-state index contributed by atoms with van der Waals surface area (Å²) in [6, 6.07) is 9.45. The average Bonchev–Trinajstić information content (AvgIpc) is 2.84. The highest BCUT2D eigenvalue weighted by atomic mass is 32.1. The Bertz CT molecular complexity index is 733. The zero-order valence-electron chi connectivity index (χ0n) is 9.75. The molecule has 0 unspecified atom stereocenters. The smallest absolute Gasteiger partial charge is 0.204 e. The summed E-state index contributed by atoms with van der Waals surface area (Å²) in [5.41, 5.74) is 1.49. The van der Waals surface area contributed by atoms with Crippen LogP contribution in [-0.4, -0.2) is 15.8 Å². The van der Waals surface area contributed by atoms with Crippen molar-refractivity contribution in [1.82, 2.24) is 9.97 Å². The lowest BCUT2D eigenvalue weighted by Crippen LogP contribution is -1.98. The van der Waals surface area contributed by atoms with Crippen LogP contribution in [0.2, 0.25) is 0 Å². The summed E-state index contributed by atoms with van der Waals surface area (Å²) < 4.78 is 0. The van der Waals surface area contributed by atoms with Gasteiger partial charge >= 0.3 is 0 Å². The molecule has 0 bridgehead atoms. The zero-order chi connectivity index (χ0) is 12.5. The fraction of sp³-hybridized carbons (Fsp3) is 0.0714. The van der Waals surface area contributed by atoms with Crippen LogP contribution >= 0.6 is 11.3 Å². The Kier molecular flexibility index (Phi) is 2.64. The second-order valence-electron chi connectivity index (χ2n) is 3.98. The number of carbonyl (C=O) groups is 1. The first-order chi connectivity index (χ1) is 8.74. The number of carbonyl (C=O) groups excluding carboxylic acids is 1. The molecule has 3 rings (SSSR count). The number of aryl methyl sites for hydroxylation is 1. The minimum absolute atomic E-state index is 0.00755. The maximum absolute atomic E-state index is 12.2.